The van der Waals surface area contributed by atoms with Crippen LogP contribution in [-0.2, 0) is 4.79 Å². The third-order valence-electron chi connectivity index (χ3n) is 2.29. The summed E-state index contributed by atoms with van der Waals surface area (Å²) in [6.45, 7) is 2.98. The van der Waals surface area contributed by atoms with Gasteiger partial charge in [0.05, 0.1) is 0 Å². The van der Waals surface area contributed by atoms with E-state index in [0.717, 1.165) is 13.0 Å². The molecular formula is C8H17ClN2O. The monoisotopic (exact) mass is 192 g/mol. The molecular weight excluding hydrogens is 176 g/mol. The number of primary amides is 1. The van der Waals surface area contributed by atoms with Crippen molar-refractivity contribution >= 4 is 18.3 Å². The normalized spacial score (nSPS) is 24.6. The molecule has 3 N–H and O–H groups in total. The summed E-state index contributed by atoms with van der Waals surface area (Å²) in [6, 6.07) is 0.525. The Hall–Kier alpha value is -0.280. The fourth-order valence-electron chi connectivity index (χ4n) is 1.50. The van der Waals surface area contributed by atoms with Gasteiger partial charge in [0.1, 0.15) is 0 Å². The minimum absolute atomic E-state index is 0. The molecule has 0 spiro atoms. The van der Waals surface area contributed by atoms with Crippen LogP contribution in [0.2, 0.25) is 0 Å². The van der Waals surface area contributed by atoms with Crippen molar-refractivity contribution in [1.82, 2.24) is 5.32 Å². The molecule has 1 aliphatic heterocycles. The van der Waals surface area contributed by atoms with Gasteiger partial charge in [0.25, 0.3) is 0 Å². The minimum atomic E-state index is -0.182. The third-order valence-corrected chi connectivity index (χ3v) is 2.29. The second-order valence-electron chi connectivity index (χ2n) is 3.33. The average Bonchev–Trinajstić information content (AvgIpc) is 2.39. The van der Waals surface area contributed by atoms with Crippen LogP contribution in [0.5, 0.6) is 0 Å². The Kier molecular flexibility index (Phi) is 5.25. The van der Waals surface area contributed by atoms with E-state index in [1.165, 1.54) is 12.8 Å². The lowest BCUT2D eigenvalue weighted by Crippen LogP contribution is -2.29. The average molecular weight is 193 g/mol. The van der Waals surface area contributed by atoms with Crippen LogP contribution in [0.4, 0.5) is 0 Å². The number of hydrogen-bond donors (Lipinski definition) is 2. The molecule has 1 unspecified atom stereocenters. The van der Waals surface area contributed by atoms with Gasteiger partial charge in [-0.2, -0.15) is 0 Å². The Morgan fingerprint density at radius 3 is 2.83 bits per heavy atom. The predicted octanol–water partition coefficient (Wildman–Crippen LogP) is 0.672. The molecule has 0 radical (unpaired) electrons. The highest BCUT2D eigenvalue weighted by atomic mass is 35.5. The summed E-state index contributed by atoms with van der Waals surface area (Å²) >= 11 is 0. The zero-order chi connectivity index (χ0) is 8.27. The van der Waals surface area contributed by atoms with Crippen LogP contribution < -0.4 is 11.1 Å². The van der Waals surface area contributed by atoms with Gasteiger partial charge in [-0.1, -0.05) is 6.92 Å². The van der Waals surface area contributed by atoms with Gasteiger partial charge < -0.3 is 11.1 Å². The highest BCUT2D eigenvalue weighted by Crippen LogP contribution is 2.13. The molecule has 1 rings (SSSR count). The fourth-order valence-corrected chi connectivity index (χ4v) is 1.50. The Labute approximate surface area is 79.5 Å². The van der Waals surface area contributed by atoms with E-state index in [9.17, 15) is 4.79 Å². The smallest absolute Gasteiger partial charge is 0.220 e. The number of amides is 1. The molecule has 0 aromatic rings. The van der Waals surface area contributed by atoms with Gasteiger partial charge in [-0.25, -0.2) is 0 Å². The van der Waals surface area contributed by atoms with Gasteiger partial charge in [-0.15, -0.1) is 12.4 Å². The molecule has 1 aliphatic rings. The van der Waals surface area contributed by atoms with E-state index in [0.29, 0.717) is 6.04 Å². The Balaban J connectivity index is 0.00000121. The topological polar surface area (TPSA) is 55.1 Å². The summed E-state index contributed by atoms with van der Waals surface area (Å²) in [5, 5.41) is 3.33. The second-order valence-corrected chi connectivity index (χ2v) is 3.33. The third kappa shape index (κ3) is 3.41. The lowest BCUT2D eigenvalue weighted by atomic mass is 10.0. The molecule has 0 aromatic heterocycles. The molecule has 0 aromatic carbocycles. The van der Waals surface area contributed by atoms with Crippen LogP contribution in [0.15, 0.2) is 0 Å². The van der Waals surface area contributed by atoms with Crippen LogP contribution in [0, 0.1) is 5.92 Å². The summed E-state index contributed by atoms with van der Waals surface area (Å²) in [5.74, 6) is -0.163. The summed E-state index contributed by atoms with van der Waals surface area (Å²) in [4.78, 5) is 10.7. The lowest BCUT2D eigenvalue weighted by Gasteiger charge is -2.13. The van der Waals surface area contributed by atoms with Crippen molar-refractivity contribution in [1.29, 1.82) is 0 Å². The van der Waals surface area contributed by atoms with Gasteiger partial charge in [-0.3, -0.25) is 4.79 Å². The van der Waals surface area contributed by atoms with Gasteiger partial charge in [-0.05, 0) is 25.8 Å². The number of carbonyl (C=O) groups excluding carboxylic acids is 1. The number of halogens is 1. The molecule has 1 heterocycles. The van der Waals surface area contributed by atoms with Crippen LogP contribution in [0.1, 0.15) is 26.2 Å². The maximum atomic E-state index is 10.7. The number of carbonyl (C=O) groups is 1. The van der Waals surface area contributed by atoms with E-state index < -0.39 is 0 Å². The van der Waals surface area contributed by atoms with Crippen molar-refractivity contribution in [3.8, 4) is 0 Å². The van der Waals surface area contributed by atoms with Crippen LogP contribution in [-0.4, -0.2) is 18.5 Å². The van der Waals surface area contributed by atoms with E-state index >= 15 is 0 Å². The van der Waals surface area contributed by atoms with Gasteiger partial charge in [0.2, 0.25) is 5.91 Å². The number of nitrogens with one attached hydrogen (secondary N) is 1. The van der Waals surface area contributed by atoms with Crippen molar-refractivity contribution in [2.75, 3.05) is 6.54 Å². The summed E-state index contributed by atoms with van der Waals surface area (Å²) in [6.07, 6.45) is 3.32. The molecule has 3 nitrogen and oxygen atoms in total. The van der Waals surface area contributed by atoms with Crippen LogP contribution in [0.3, 0.4) is 0 Å². The Morgan fingerprint density at radius 2 is 2.42 bits per heavy atom. The molecule has 2 atom stereocenters. The molecule has 72 valence electrons. The van der Waals surface area contributed by atoms with Crippen molar-refractivity contribution in [2.45, 2.75) is 32.2 Å². The molecule has 1 amide bonds. The molecule has 4 heteroatoms. The van der Waals surface area contributed by atoms with E-state index in [1.807, 2.05) is 6.92 Å². The number of nitrogens with two attached hydrogens (primary N) is 1. The first kappa shape index (κ1) is 11.7. The summed E-state index contributed by atoms with van der Waals surface area (Å²) in [5.41, 5.74) is 5.15. The van der Waals surface area contributed by atoms with E-state index in [1.54, 1.807) is 0 Å². The molecule has 1 fully saturated rings. The van der Waals surface area contributed by atoms with Crippen LogP contribution in [0.25, 0.3) is 0 Å². The lowest BCUT2D eigenvalue weighted by molar-refractivity contribution is -0.121. The van der Waals surface area contributed by atoms with Crippen molar-refractivity contribution in [3.63, 3.8) is 0 Å². The summed E-state index contributed by atoms with van der Waals surface area (Å²) < 4.78 is 0. The van der Waals surface area contributed by atoms with Gasteiger partial charge >= 0.3 is 0 Å². The predicted molar refractivity (Wildman–Crippen MR) is 51.2 cm³/mol. The number of rotatable bonds is 3. The molecule has 0 aliphatic carbocycles. The van der Waals surface area contributed by atoms with Crippen LogP contribution >= 0.6 is 12.4 Å². The number of hydrogen-bond acceptors (Lipinski definition) is 2. The molecule has 1 saturated heterocycles. The molecule has 12 heavy (non-hydrogen) atoms. The first-order valence-electron chi connectivity index (χ1n) is 4.23. The Bertz CT molecular complexity index is 146. The quantitative estimate of drug-likeness (QED) is 0.691. The fraction of sp³-hybridized carbons (Fsp3) is 0.875. The van der Waals surface area contributed by atoms with Gasteiger partial charge in [0.15, 0.2) is 0 Å². The van der Waals surface area contributed by atoms with Crippen molar-refractivity contribution < 1.29 is 4.79 Å². The molecule has 0 bridgehead atoms. The second kappa shape index (κ2) is 5.38. The van der Waals surface area contributed by atoms with Crippen molar-refractivity contribution in [2.24, 2.45) is 11.7 Å². The highest BCUT2D eigenvalue weighted by Gasteiger charge is 2.19. The maximum absolute atomic E-state index is 10.7. The summed E-state index contributed by atoms with van der Waals surface area (Å²) in [7, 11) is 0. The zero-order valence-corrected chi connectivity index (χ0v) is 8.19. The Morgan fingerprint density at radius 1 is 1.75 bits per heavy atom. The SMILES string of the molecule is CC(C[C@@H]1CCCN1)C(N)=O.Cl. The first-order valence-corrected chi connectivity index (χ1v) is 4.23. The highest BCUT2D eigenvalue weighted by molar-refractivity contribution is 5.85. The van der Waals surface area contributed by atoms with Crippen molar-refractivity contribution in [3.05, 3.63) is 0 Å². The largest absolute Gasteiger partial charge is 0.369 e. The standard InChI is InChI=1S/C8H16N2O.ClH/c1-6(8(9)11)5-7-3-2-4-10-7;/h6-7,10H,2-5H2,1H3,(H2,9,11);1H/t6?,7-;/m0./s1. The first-order chi connectivity index (χ1) is 5.20. The van der Waals surface area contributed by atoms with E-state index in [-0.39, 0.29) is 24.2 Å². The van der Waals surface area contributed by atoms with Gasteiger partial charge in [0, 0.05) is 12.0 Å². The molecule has 0 saturated carbocycles. The zero-order valence-electron chi connectivity index (χ0n) is 7.38. The maximum Gasteiger partial charge on any atom is 0.220 e. The van der Waals surface area contributed by atoms with E-state index in [4.69, 9.17) is 5.73 Å². The minimum Gasteiger partial charge on any atom is -0.369 e. The van der Waals surface area contributed by atoms with E-state index in [2.05, 4.69) is 5.32 Å².